The molecule has 0 heterocycles. The molecular weight excluding hydrogens is 274 g/mol. The van der Waals surface area contributed by atoms with Crippen LogP contribution in [-0.4, -0.2) is 14.2 Å². The Labute approximate surface area is 132 Å². The summed E-state index contributed by atoms with van der Waals surface area (Å²) in [6, 6.07) is 14.5. The van der Waals surface area contributed by atoms with E-state index in [0.29, 0.717) is 0 Å². The second-order valence-corrected chi connectivity index (χ2v) is 5.07. The molecule has 1 N–H and O–H groups in total. The van der Waals surface area contributed by atoms with E-state index in [1.165, 1.54) is 11.1 Å². The summed E-state index contributed by atoms with van der Waals surface area (Å²) in [4.78, 5) is 0. The second-order valence-electron chi connectivity index (χ2n) is 5.07. The molecule has 0 atom stereocenters. The molecule has 2 aromatic rings. The van der Waals surface area contributed by atoms with Crippen molar-refractivity contribution in [2.24, 2.45) is 0 Å². The van der Waals surface area contributed by atoms with Gasteiger partial charge in [0.15, 0.2) is 11.5 Å². The predicted molar refractivity (Wildman–Crippen MR) is 90.4 cm³/mol. The molecule has 0 saturated carbocycles. The first-order chi connectivity index (χ1) is 10.8. The van der Waals surface area contributed by atoms with Gasteiger partial charge in [0, 0.05) is 18.7 Å². The molecule has 0 fully saturated rings. The van der Waals surface area contributed by atoms with E-state index in [1.54, 1.807) is 14.2 Å². The monoisotopic (exact) mass is 297 g/mol. The third kappa shape index (κ3) is 4.12. The highest BCUT2D eigenvalue weighted by Crippen LogP contribution is 2.33. The van der Waals surface area contributed by atoms with Gasteiger partial charge < -0.3 is 14.8 Å². The van der Waals surface area contributed by atoms with Gasteiger partial charge in [-0.3, -0.25) is 0 Å². The Morgan fingerprint density at radius 3 is 2.36 bits per heavy atom. The number of methoxy groups -OCH3 is 2. The zero-order chi connectivity index (χ0) is 15.8. The van der Waals surface area contributed by atoms with Gasteiger partial charge >= 0.3 is 0 Å². The van der Waals surface area contributed by atoms with Crippen molar-refractivity contribution in [1.82, 2.24) is 5.32 Å². The molecule has 0 aliphatic rings. The molecule has 0 saturated heterocycles. The predicted octanol–water partition coefficient (Wildman–Crippen LogP) is 3.72. The number of ether oxygens (including phenoxy) is 2. The smallest absolute Gasteiger partial charge is 0.164 e. The Kier molecular flexibility index (Phi) is 6.04. The van der Waals surface area contributed by atoms with Crippen LogP contribution in [0.25, 0.3) is 0 Å². The zero-order valence-corrected chi connectivity index (χ0v) is 13.3. The van der Waals surface area contributed by atoms with E-state index in [9.17, 15) is 0 Å². The minimum absolute atomic E-state index is 0.756. The van der Waals surface area contributed by atoms with Gasteiger partial charge in [0.05, 0.1) is 14.2 Å². The highest BCUT2D eigenvalue weighted by atomic mass is 16.5. The normalized spacial score (nSPS) is 10.3. The van der Waals surface area contributed by atoms with Gasteiger partial charge in [-0.25, -0.2) is 0 Å². The van der Waals surface area contributed by atoms with Crippen LogP contribution in [0.4, 0.5) is 0 Å². The molecule has 0 aromatic heterocycles. The topological polar surface area (TPSA) is 30.5 Å². The SMILES string of the molecule is C=CCc1cc(CNCc2ccccc2)cc(OC)c1OC. The Hall–Kier alpha value is -2.26. The molecule has 0 spiro atoms. The van der Waals surface area contributed by atoms with E-state index < -0.39 is 0 Å². The first kappa shape index (κ1) is 16.1. The number of nitrogens with one attached hydrogen (secondary N) is 1. The number of allylic oxidation sites excluding steroid dienone is 1. The summed E-state index contributed by atoms with van der Waals surface area (Å²) in [5.74, 6) is 1.55. The number of rotatable bonds is 8. The van der Waals surface area contributed by atoms with E-state index in [-0.39, 0.29) is 0 Å². The van der Waals surface area contributed by atoms with Crippen molar-refractivity contribution in [1.29, 1.82) is 0 Å². The summed E-state index contributed by atoms with van der Waals surface area (Å²) in [6.45, 7) is 5.42. The summed E-state index contributed by atoms with van der Waals surface area (Å²) >= 11 is 0. The molecule has 116 valence electrons. The molecular formula is C19H23NO2. The van der Waals surface area contributed by atoms with Crippen molar-refractivity contribution >= 4 is 0 Å². The van der Waals surface area contributed by atoms with Crippen LogP contribution in [0.1, 0.15) is 16.7 Å². The van der Waals surface area contributed by atoms with Gasteiger partial charge in [-0.2, -0.15) is 0 Å². The summed E-state index contributed by atoms with van der Waals surface area (Å²) in [7, 11) is 3.33. The quantitative estimate of drug-likeness (QED) is 0.753. The fourth-order valence-corrected chi connectivity index (χ4v) is 2.46. The Morgan fingerprint density at radius 2 is 1.73 bits per heavy atom. The average molecular weight is 297 g/mol. The molecule has 0 aliphatic carbocycles. The number of benzene rings is 2. The summed E-state index contributed by atoms with van der Waals surface area (Å²) in [5, 5.41) is 3.45. The minimum Gasteiger partial charge on any atom is -0.493 e. The summed E-state index contributed by atoms with van der Waals surface area (Å²) < 4.78 is 10.9. The molecule has 3 heteroatoms. The van der Waals surface area contributed by atoms with Gasteiger partial charge in [-0.15, -0.1) is 6.58 Å². The van der Waals surface area contributed by atoms with E-state index in [4.69, 9.17) is 9.47 Å². The molecule has 0 radical (unpaired) electrons. The van der Waals surface area contributed by atoms with Gasteiger partial charge in [0.2, 0.25) is 0 Å². The van der Waals surface area contributed by atoms with E-state index in [0.717, 1.165) is 36.6 Å². The molecule has 0 aliphatic heterocycles. The third-order valence-corrected chi connectivity index (χ3v) is 3.48. The van der Waals surface area contributed by atoms with Gasteiger partial charge in [-0.05, 0) is 23.6 Å². The third-order valence-electron chi connectivity index (χ3n) is 3.48. The van der Waals surface area contributed by atoms with Crippen LogP contribution in [0.2, 0.25) is 0 Å². The maximum absolute atomic E-state index is 5.46. The fourth-order valence-electron chi connectivity index (χ4n) is 2.46. The Balaban J connectivity index is 2.09. The molecule has 0 bridgehead atoms. The largest absolute Gasteiger partial charge is 0.493 e. The molecule has 2 aromatic carbocycles. The lowest BCUT2D eigenvalue weighted by molar-refractivity contribution is 0.351. The summed E-state index contributed by atoms with van der Waals surface area (Å²) in [5.41, 5.74) is 3.54. The Bertz CT molecular complexity index is 608. The summed E-state index contributed by atoms with van der Waals surface area (Å²) in [6.07, 6.45) is 2.63. The number of hydrogen-bond donors (Lipinski definition) is 1. The lowest BCUT2D eigenvalue weighted by Crippen LogP contribution is -2.13. The van der Waals surface area contributed by atoms with Crippen molar-refractivity contribution in [3.05, 3.63) is 71.8 Å². The van der Waals surface area contributed by atoms with Crippen molar-refractivity contribution in [2.75, 3.05) is 14.2 Å². The zero-order valence-electron chi connectivity index (χ0n) is 13.3. The molecule has 22 heavy (non-hydrogen) atoms. The van der Waals surface area contributed by atoms with Crippen LogP contribution in [-0.2, 0) is 19.5 Å². The van der Waals surface area contributed by atoms with Gasteiger partial charge in [0.25, 0.3) is 0 Å². The van der Waals surface area contributed by atoms with Crippen LogP contribution in [0.5, 0.6) is 11.5 Å². The Morgan fingerprint density at radius 1 is 1.00 bits per heavy atom. The molecule has 0 amide bonds. The molecule has 0 unspecified atom stereocenters. The van der Waals surface area contributed by atoms with Crippen molar-refractivity contribution in [2.45, 2.75) is 19.5 Å². The van der Waals surface area contributed by atoms with Crippen LogP contribution >= 0.6 is 0 Å². The molecule has 2 rings (SSSR count). The average Bonchev–Trinajstić information content (AvgIpc) is 2.55. The van der Waals surface area contributed by atoms with Crippen LogP contribution in [0.15, 0.2) is 55.1 Å². The van der Waals surface area contributed by atoms with E-state index >= 15 is 0 Å². The lowest BCUT2D eigenvalue weighted by Gasteiger charge is -2.15. The first-order valence-corrected chi connectivity index (χ1v) is 7.37. The van der Waals surface area contributed by atoms with Crippen LogP contribution < -0.4 is 14.8 Å². The van der Waals surface area contributed by atoms with Crippen LogP contribution in [0.3, 0.4) is 0 Å². The maximum atomic E-state index is 5.46. The van der Waals surface area contributed by atoms with E-state index in [2.05, 4.69) is 42.2 Å². The highest BCUT2D eigenvalue weighted by molar-refractivity contribution is 5.50. The van der Waals surface area contributed by atoms with Crippen molar-refractivity contribution < 1.29 is 9.47 Å². The van der Waals surface area contributed by atoms with Crippen molar-refractivity contribution in [3.8, 4) is 11.5 Å². The number of hydrogen-bond acceptors (Lipinski definition) is 3. The van der Waals surface area contributed by atoms with E-state index in [1.807, 2.05) is 18.2 Å². The molecule has 3 nitrogen and oxygen atoms in total. The maximum Gasteiger partial charge on any atom is 0.164 e. The second kappa shape index (κ2) is 8.25. The lowest BCUT2D eigenvalue weighted by atomic mass is 10.1. The fraction of sp³-hybridized carbons (Fsp3) is 0.263. The van der Waals surface area contributed by atoms with Gasteiger partial charge in [0.1, 0.15) is 0 Å². The van der Waals surface area contributed by atoms with Crippen molar-refractivity contribution in [3.63, 3.8) is 0 Å². The van der Waals surface area contributed by atoms with Gasteiger partial charge in [-0.1, -0.05) is 42.5 Å². The highest BCUT2D eigenvalue weighted by Gasteiger charge is 2.11. The standard InChI is InChI=1S/C19H23NO2/c1-4-8-17-11-16(12-18(21-2)19(17)22-3)14-20-13-15-9-6-5-7-10-15/h4-7,9-12,20H,1,8,13-14H2,2-3H3. The minimum atomic E-state index is 0.756. The first-order valence-electron chi connectivity index (χ1n) is 7.37. The van der Waals surface area contributed by atoms with Crippen LogP contribution in [0, 0.1) is 0 Å².